The van der Waals surface area contributed by atoms with Crippen LogP contribution in [0.4, 0.5) is 0 Å². The van der Waals surface area contributed by atoms with E-state index in [0.29, 0.717) is 17.9 Å². The van der Waals surface area contributed by atoms with Crippen LogP contribution >= 0.6 is 0 Å². The SMILES string of the molecule is COc1ccc(S(=O)(=O)N(CCc2ccccc2)CC2=NC(=O)C3C=CC=CC3=N2)cc1. The van der Waals surface area contributed by atoms with Crippen molar-refractivity contribution in [1.29, 1.82) is 0 Å². The largest absolute Gasteiger partial charge is 0.497 e. The zero-order valence-corrected chi connectivity index (χ0v) is 18.4. The molecule has 0 saturated carbocycles. The fourth-order valence-electron chi connectivity index (χ4n) is 3.53. The van der Waals surface area contributed by atoms with Gasteiger partial charge >= 0.3 is 0 Å². The highest BCUT2D eigenvalue weighted by molar-refractivity contribution is 7.89. The normalized spacial score (nSPS) is 17.7. The molecule has 1 aliphatic heterocycles. The maximum absolute atomic E-state index is 13.5. The van der Waals surface area contributed by atoms with E-state index in [4.69, 9.17) is 4.74 Å². The second-order valence-corrected chi connectivity index (χ2v) is 9.31. The third kappa shape index (κ3) is 4.76. The molecule has 0 aromatic heterocycles. The fraction of sp³-hybridized carbons (Fsp3) is 0.208. The number of hydrogen-bond acceptors (Lipinski definition) is 5. The molecule has 1 aliphatic carbocycles. The Balaban J connectivity index is 1.62. The summed E-state index contributed by atoms with van der Waals surface area (Å²) in [6.07, 6.45) is 7.58. The molecular formula is C24H23N3O4S. The predicted octanol–water partition coefficient (Wildman–Crippen LogP) is 3.05. The second-order valence-electron chi connectivity index (χ2n) is 7.37. The zero-order valence-electron chi connectivity index (χ0n) is 17.6. The van der Waals surface area contributed by atoms with E-state index >= 15 is 0 Å². The number of amidine groups is 1. The summed E-state index contributed by atoms with van der Waals surface area (Å²) in [6.45, 7) is 0.121. The van der Waals surface area contributed by atoms with Crippen LogP contribution in [0.2, 0.25) is 0 Å². The third-order valence-electron chi connectivity index (χ3n) is 5.27. The number of aliphatic imine (C=N–C) groups is 2. The monoisotopic (exact) mass is 449 g/mol. The van der Waals surface area contributed by atoms with Crippen molar-refractivity contribution in [2.24, 2.45) is 15.9 Å². The number of amides is 1. The van der Waals surface area contributed by atoms with Gasteiger partial charge in [0.1, 0.15) is 17.5 Å². The molecule has 1 amide bonds. The molecule has 2 aromatic rings. The van der Waals surface area contributed by atoms with Crippen LogP contribution in [0.1, 0.15) is 5.56 Å². The highest BCUT2D eigenvalue weighted by Crippen LogP contribution is 2.22. The molecule has 0 saturated heterocycles. The first-order valence-corrected chi connectivity index (χ1v) is 11.6. The molecule has 0 N–H and O–H groups in total. The molecule has 0 bridgehead atoms. The highest BCUT2D eigenvalue weighted by Gasteiger charge is 2.30. The summed E-state index contributed by atoms with van der Waals surface area (Å²) >= 11 is 0. The maximum atomic E-state index is 13.5. The molecule has 1 atom stereocenters. The minimum Gasteiger partial charge on any atom is -0.497 e. The zero-order chi connectivity index (χ0) is 22.6. The molecule has 32 heavy (non-hydrogen) atoms. The van der Waals surface area contributed by atoms with Crippen LogP contribution in [0.25, 0.3) is 0 Å². The van der Waals surface area contributed by atoms with Crippen molar-refractivity contribution in [2.75, 3.05) is 20.2 Å². The first-order chi connectivity index (χ1) is 15.5. The van der Waals surface area contributed by atoms with Gasteiger partial charge in [0.15, 0.2) is 0 Å². The third-order valence-corrected chi connectivity index (χ3v) is 7.13. The fourth-order valence-corrected chi connectivity index (χ4v) is 4.92. The predicted molar refractivity (Wildman–Crippen MR) is 124 cm³/mol. The van der Waals surface area contributed by atoms with Gasteiger partial charge in [0.25, 0.3) is 5.91 Å². The Bertz CT molecular complexity index is 1210. The van der Waals surface area contributed by atoms with Gasteiger partial charge in [-0.3, -0.25) is 4.79 Å². The number of hydrogen-bond donors (Lipinski definition) is 0. The molecule has 0 radical (unpaired) electrons. The van der Waals surface area contributed by atoms with Gasteiger partial charge in [-0.05, 0) is 42.3 Å². The van der Waals surface area contributed by atoms with Crippen molar-refractivity contribution in [1.82, 2.24) is 4.31 Å². The average molecular weight is 450 g/mol. The van der Waals surface area contributed by atoms with Gasteiger partial charge in [-0.25, -0.2) is 13.4 Å². The standard InChI is InChI=1S/C24H23N3O4S/c1-31-19-11-13-20(14-12-19)32(29,30)27(16-15-18-7-3-2-4-8-18)17-23-25-22-10-6-5-9-21(22)24(28)26-23/h2-14,21H,15-17H2,1H3. The van der Waals surface area contributed by atoms with Crippen molar-refractivity contribution in [2.45, 2.75) is 11.3 Å². The number of rotatable bonds is 8. The summed E-state index contributed by atoms with van der Waals surface area (Å²) in [6, 6.07) is 15.9. The molecule has 7 nitrogen and oxygen atoms in total. The molecular weight excluding hydrogens is 426 g/mol. The quantitative estimate of drug-likeness (QED) is 0.620. The Morgan fingerprint density at radius 3 is 2.47 bits per heavy atom. The van der Waals surface area contributed by atoms with Crippen LogP contribution in [0.3, 0.4) is 0 Å². The van der Waals surface area contributed by atoms with E-state index in [2.05, 4.69) is 9.98 Å². The summed E-state index contributed by atoms with van der Waals surface area (Å²) in [5.41, 5.74) is 1.59. The topological polar surface area (TPSA) is 88.4 Å². The van der Waals surface area contributed by atoms with Gasteiger partial charge in [-0.1, -0.05) is 48.6 Å². The van der Waals surface area contributed by atoms with Crippen LogP contribution in [0.5, 0.6) is 5.75 Å². The van der Waals surface area contributed by atoms with Gasteiger partial charge in [-0.15, -0.1) is 0 Å². The first-order valence-electron chi connectivity index (χ1n) is 10.2. The summed E-state index contributed by atoms with van der Waals surface area (Å²) in [5, 5.41) is 0. The van der Waals surface area contributed by atoms with Crippen molar-refractivity contribution in [3.05, 3.63) is 84.5 Å². The number of methoxy groups -OCH3 is 1. The van der Waals surface area contributed by atoms with Crippen molar-refractivity contribution in [3.63, 3.8) is 0 Å². The van der Waals surface area contributed by atoms with Crippen molar-refractivity contribution in [3.8, 4) is 5.75 Å². The second kappa shape index (κ2) is 9.42. The van der Waals surface area contributed by atoms with E-state index in [1.165, 1.54) is 23.5 Å². The Labute approximate surface area is 187 Å². The van der Waals surface area contributed by atoms with Gasteiger partial charge in [0.05, 0.1) is 24.3 Å². The lowest BCUT2D eigenvalue weighted by Crippen LogP contribution is -2.39. The molecule has 164 valence electrons. The van der Waals surface area contributed by atoms with E-state index in [1.54, 1.807) is 36.4 Å². The Morgan fingerprint density at radius 2 is 1.75 bits per heavy atom. The van der Waals surface area contributed by atoms with Crippen LogP contribution < -0.4 is 4.74 Å². The lowest BCUT2D eigenvalue weighted by molar-refractivity contribution is -0.118. The minimum atomic E-state index is -3.86. The molecule has 1 unspecified atom stereocenters. The number of fused-ring (bicyclic) bond motifs is 1. The first kappa shape index (κ1) is 21.9. The smallest absolute Gasteiger partial charge is 0.260 e. The van der Waals surface area contributed by atoms with Crippen molar-refractivity contribution >= 4 is 27.5 Å². The van der Waals surface area contributed by atoms with Gasteiger partial charge in [0.2, 0.25) is 10.0 Å². The maximum Gasteiger partial charge on any atom is 0.260 e. The lowest BCUT2D eigenvalue weighted by atomic mass is 9.96. The molecule has 0 fully saturated rings. The van der Waals surface area contributed by atoms with E-state index in [-0.39, 0.29) is 29.7 Å². The summed E-state index contributed by atoms with van der Waals surface area (Å²) < 4.78 is 33.4. The van der Waals surface area contributed by atoms with Crippen LogP contribution in [0.15, 0.2) is 93.8 Å². The molecule has 0 spiro atoms. The Morgan fingerprint density at radius 1 is 1.00 bits per heavy atom. The highest BCUT2D eigenvalue weighted by atomic mass is 32.2. The van der Waals surface area contributed by atoms with E-state index < -0.39 is 15.9 Å². The molecule has 2 aliphatic rings. The number of nitrogens with zero attached hydrogens (tertiary/aromatic N) is 3. The molecule has 2 aromatic carbocycles. The molecule has 1 heterocycles. The van der Waals surface area contributed by atoms with Crippen LogP contribution in [0, 0.1) is 5.92 Å². The number of carbonyl (C=O) groups is 1. The lowest BCUT2D eigenvalue weighted by Gasteiger charge is -2.24. The Hall–Kier alpha value is -3.36. The van der Waals surface area contributed by atoms with E-state index in [0.717, 1.165) is 5.56 Å². The van der Waals surface area contributed by atoms with Gasteiger partial charge < -0.3 is 4.74 Å². The minimum absolute atomic E-state index is 0.0965. The van der Waals surface area contributed by atoms with Crippen LogP contribution in [-0.4, -0.2) is 50.4 Å². The number of allylic oxidation sites excluding steroid dienone is 3. The molecule has 4 rings (SSSR count). The van der Waals surface area contributed by atoms with E-state index in [9.17, 15) is 13.2 Å². The van der Waals surface area contributed by atoms with Crippen molar-refractivity contribution < 1.29 is 17.9 Å². The van der Waals surface area contributed by atoms with Gasteiger partial charge in [0, 0.05) is 6.54 Å². The summed E-state index contributed by atoms with van der Waals surface area (Å²) in [5.74, 6) is -0.0851. The summed E-state index contributed by atoms with van der Waals surface area (Å²) in [7, 11) is -2.33. The summed E-state index contributed by atoms with van der Waals surface area (Å²) in [4.78, 5) is 21.1. The molecule has 8 heteroatoms. The number of ether oxygens (including phenoxy) is 1. The van der Waals surface area contributed by atoms with Crippen LogP contribution in [-0.2, 0) is 21.2 Å². The number of sulfonamides is 1. The number of benzene rings is 2. The van der Waals surface area contributed by atoms with Gasteiger partial charge in [-0.2, -0.15) is 9.30 Å². The van der Waals surface area contributed by atoms with E-state index in [1.807, 2.05) is 30.3 Å². The average Bonchev–Trinajstić information content (AvgIpc) is 2.82. The number of carbonyl (C=O) groups excluding carboxylic acids is 1. The Kier molecular flexibility index (Phi) is 6.43.